The van der Waals surface area contributed by atoms with Gasteiger partial charge in [0.25, 0.3) is 5.69 Å². The van der Waals surface area contributed by atoms with Gasteiger partial charge < -0.3 is 4.74 Å². The van der Waals surface area contributed by atoms with Crippen LogP contribution in [0.2, 0.25) is 0 Å². The molecule has 0 aromatic heterocycles. The van der Waals surface area contributed by atoms with Gasteiger partial charge in [-0.25, -0.2) is 0 Å². The normalized spacial score (nSPS) is 11.1. The van der Waals surface area contributed by atoms with Gasteiger partial charge in [-0.1, -0.05) is 0 Å². The van der Waals surface area contributed by atoms with Crippen molar-refractivity contribution in [1.82, 2.24) is 0 Å². The molecule has 0 saturated heterocycles. The Morgan fingerprint density at radius 3 is 2.50 bits per heavy atom. The number of hydrogen-bond acceptors (Lipinski definition) is 4. The molecule has 5 nitrogen and oxygen atoms in total. The van der Waals surface area contributed by atoms with E-state index in [9.17, 15) is 28.1 Å². The largest absolute Gasteiger partial charge is 0.469 e. The summed E-state index contributed by atoms with van der Waals surface area (Å²) in [6.07, 6.45) is -5.21. The zero-order valence-corrected chi connectivity index (χ0v) is 9.15. The molecule has 0 aliphatic rings. The average Bonchev–Trinajstić information content (AvgIpc) is 2.27. The van der Waals surface area contributed by atoms with Crippen LogP contribution < -0.4 is 0 Å². The van der Waals surface area contributed by atoms with Crippen LogP contribution >= 0.6 is 0 Å². The number of nitrogens with zero attached hydrogens (tertiary/aromatic N) is 1. The molecule has 0 spiro atoms. The van der Waals surface area contributed by atoms with Crippen molar-refractivity contribution in [3.05, 3.63) is 39.4 Å². The van der Waals surface area contributed by atoms with E-state index in [4.69, 9.17) is 0 Å². The lowest BCUT2D eigenvalue weighted by Crippen LogP contribution is -2.10. The Labute approximate surface area is 99.3 Å². The average molecular weight is 263 g/mol. The lowest BCUT2D eigenvalue weighted by atomic mass is 10.1. The van der Waals surface area contributed by atoms with Gasteiger partial charge in [0.05, 0.1) is 24.0 Å². The molecular formula is C10H8F3NO4. The third-order valence-corrected chi connectivity index (χ3v) is 2.17. The second-order valence-corrected chi connectivity index (χ2v) is 3.35. The highest BCUT2D eigenvalue weighted by Gasteiger charge is 2.32. The number of nitro benzene ring substituents is 1. The van der Waals surface area contributed by atoms with E-state index in [1.165, 1.54) is 0 Å². The molecule has 0 aliphatic heterocycles. The Bertz CT molecular complexity index is 485. The molecule has 98 valence electrons. The Morgan fingerprint density at radius 2 is 2.06 bits per heavy atom. The molecule has 0 N–H and O–H groups in total. The lowest BCUT2D eigenvalue weighted by molar-refractivity contribution is -0.385. The van der Waals surface area contributed by atoms with Crippen molar-refractivity contribution < 1.29 is 27.6 Å². The summed E-state index contributed by atoms with van der Waals surface area (Å²) >= 11 is 0. The topological polar surface area (TPSA) is 69.4 Å². The van der Waals surface area contributed by atoms with E-state index in [-0.39, 0.29) is 5.56 Å². The summed E-state index contributed by atoms with van der Waals surface area (Å²) in [6.45, 7) is 0. The second-order valence-electron chi connectivity index (χ2n) is 3.35. The first-order chi connectivity index (χ1) is 8.25. The summed E-state index contributed by atoms with van der Waals surface area (Å²) in [4.78, 5) is 20.8. The minimum absolute atomic E-state index is 0.332. The van der Waals surface area contributed by atoms with Crippen LogP contribution in [0, 0.1) is 10.1 Å². The number of benzene rings is 1. The smallest absolute Gasteiger partial charge is 0.416 e. The molecule has 1 aromatic carbocycles. The maximum Gasteiger partial charge on any atom is 0.416 e. The molecule has 8 heteroatoms. The van der Waals surface area contributed by atoms with Crippen LogP contribution in [0.5, 0.6) is 0 Å². The van der Waals surface area contributed by atoms with E-state index < -0.39 is 34.7 Å². The first-order valence-electron chi connectivity index (χ1n) is 4.67. The molecule has 1 aromatic rings. The fraction of sp³-hybridized carbons (Fsp3) is 0.300. The molecule has 0 heterocycles. The van der Waals surface area contributed by atoms with Crippen molar-refractivity contribution >= 4 is 11.7 Å². The van der Waals surface area contributed by atoms with E-state index in [1.807, 2.05) is 0 Å². The van der Waals surface area contributed by atoms with Crippen molar-refractivity contribution in [3.63, 3.8) is 0 Å². The van der Waals surface area contributed by atoms with Gasteiger partial charge in [0.15, 0.2) is 0 Å². The van der Waals surface area contributed by atoms with E-state index >= 15 is 0 Å². The predicted molar refractivity (Wildman–Crippen MR) is 53.8 cm³/mol. The molecule has 0 atom stereocenters. The highest BCUT2D eigenvalue weighted by atomic mass is 19.4. The van der Waals surface area contributed by atoms with Crippen LogP contribution in [0.1, 0.15) is 11.1 Å². The van der Waals surface area contributed by atoms with Gasteiger partial charge in [0, 0.05) is 11.6 Å². The first kappa shape index (κ1) is 13.9. The van der Waals surface area contributed by atoms with Gasteiger partial charge in [-0.3, -0.25) is 14.9 Å². The number of rotatable bonds is 3. The van der Waals surface area contributed by atoms with Crippen molar-refractivity contribution in [2.75, 3.05) is 7.11 Å². The monoisotopic (exact) mass is 263 g/mol. The molecule has 0 radical (unpaired) electrons. The van der Waals surface area contributed by atoms with Crippen LogP contribution in [0.15, 0.2) is 18.2 Å². The Hall–Kier alpha value is -2.12. The summed E-state index contributed by atoms with van der Waals surface area (Å²) in [7, 11) is 1.04. The summed E-state index contributed by atoms with van der Waals surface area (Å²) < 4.78 is 41.6. The van der Waals surface area contributed by atoms with E-state index in [1.54, 1.807) is 0 Å². The lowest BCUT2D eigenvalue weighted by Gasteiger charge is -2.08. The molecule has 0 amide bonds. The number of halogens is 3. The van der Waals surface area contributed by atoms with Crippen molar-refractivity contribution in [3.8, 4) is 0 Å². The van der Waals surface area contributed by atoms with Crippen molar-refractivity contribution in [2.45, 2.75) is 12.6 Å². The molecule has 0 fully saturated rings. The Morgan fingerprint density at radius 1 is 1.44 bits per heavy atom. The quantitative estimate of drug-likeness (QED) is 0.476. The summed E-state index contributed by atoms with van der Waals surface area (Å²) in [5.74, 6) is -0.850. The fourth-order valence-corrected chi connectivity index (χ4v) is 1.31. The molecule has 0 saturated carbocycles. The van der Waals surface area contributed by atoms with Crippen molar-refractivity contribution in [2.24, 2.45) is 0 Å². The number of methoxy groups -OCH3 is 1. The number of alkyl halides is 3. The molecule has 0 aliphatic carbocycles. The fourth-order valence-electron chi connectivity index (χ4n) is 1.31. The number of esters is 1. The Balaban J connectivity index is 3.24. The second kappa shape index (κ2) is 5.03. The maximum absolute atomic E-state index is 12.4. The van der Waals surface area contributed by atoms with E-state index in [2.05, 4.69) is 4.74 Å². The van der Waals surface area contributed by atoms with Crippen LogP contribution in [0.3, 0.4) is 0 Å². The number of hydrogen-bond donors (Lipinski definition) is 0. The van der Waals surface area contributed by atoms with Crippen molar-refractivity contribution in [1.29, 1.82) is 0 Å². The van der Waals surface area contributed by atoms with Crippen LogP contribution in [-0.4, -0.2) is 18.0 Å². The van der Waals surface area contributed by atoms with Gasteiger partial charge >= 0.3 is 12.1 Å². The molecular weight excluding hydrogens is 255 g/mol. The maximum atomic E-state index is 12.4. The molecule has 0 bridgehead atoms. The number of ether oxygens (including phenoxy) is 1. The van der Waals surface area contributed by atoms with E-state index in [0.717, 1.165) is 13.2 Å². The summed E-state index contributed by atoms with van der Waals surface area (Å²) in [5, 5.41) is 10.6. The SMILES string of the molecule is COC(=O)Cc1cc(C(F)(F)F)ccc1[N+](=O)[O-]. The first-order valence-corrected chi connectivity index (χ1v) is 4.67. The molecule has 18 heavy (non-hydrogen) atoms. The Kier molecular flexibility index (Phi) is 3.89. The van der Waals surface area contributed by atoms with Gasteiger partial charge in [-0.05, 0) is 12.1 Å². The van der Waals surface area contributed by atoms with Gasteiger partial charge in [0.1, 0.15) is 0 Å². The number of carbonyl (C=O) groups excluding carboxylic acids is 1. The van der Waals surface area contributed by atoms with E-state index in [0.29, 0.717) is 12.1 Å². The zero-order chi connectivity index (χ0) is 13.9. The minimum atomic E-state index is -4.63. The third-order valence-electron chi connectivity index (χ3n) is 2.17. The predicted octanol–water partition coefficient (Wildman–Crippen LogP) is 2.33. The van der Waals surface area contributed by atoms with Crippen LogP contribution in [-0.2, 0) is 22.1 Å². The zero-order valence-electron chi connectivity index (χ0n) is 9.15. The number of nitro groups is 1. The van der Waals surface area contributed by atoms with Gasteiger partial charge in [0.2, 0.25) is 0 Å². The highest BCUT2D eigenvalue weighted by Crippen LogP contribution is 2.32. The van der Waals surface area contributed by atoms with Crippen LogP contribution in [0.4, 0.5) is 18.9 Å². The summed E-state index contributed by atoms with van der Waals surface area (Å²) in [5.41, 5.74) is -1.93. The number of carbonyl (C=O) groups is 1. The summed E-state index contributed by atoms with van der Waals surface area (Å²) in [6, 6.07) is 1.90. The van der Waals surface area contributed by atoms with Gasteiger partial charge in [-0.15, -0.1) is 0 Å². The van der Waals surface area contributed by atoms with Crippen LogP contribution in [0.25, 0.3) is 0 Å². The molecule has 0 unspecified atom stereocenters. The van der Waals surface area contributed by atoms with Gasteiger partial charge in [-0.2, -0.15) is 13.2 Å². The minimum Gasteiger partial charge on any atom is -0.469 e. The molecule has 1 rings (SSSR count). The third kappa shape index (κ3) is 3.19. The highest BCUT2D eigenvalue weighted by molar-refractivity contribution is 5.74. The standard InChI is InChI=1S/C10H8F3NO4/c1-18-9(15)5-6-4-7(10(11,12)13)2-3-8(6)14(16)17/h2-4H,5H2,1H3.